The van der Waals surface area contributed by atoms with E-state index >= 15 is 0 Å². The van der Waals surface area contributed by atoms with Crippen LogP contribution in [0.25, 0.3) is 16.5 Å². The molecule has 28 heavy (non-hydrogen) atoms. The van der Waals surface area contributed by atoms with E-state index in [1.165, 1.54) is 0 Å². The first kappa shape index (κ1) is 18.6. The highest BCUT2D eigenvalue weighted by molar-refractivity contribution is 5.96. The predicted molar refractivity (Wildman–Crippen MR) is 108 cm³/mol. The Hall–Kier alpha value is -2.71. The third-order valence-electron chi connectivity index (χ3n) is 5.24. The summed E-state index contributed by atoms with van der Waals surface area (Å²) in [5.74, 6) is 0.930. The molecule has 0 radical (unpaired) electrons. The summed E-state index contributed by atoms with van der Waals surface area (Å²) in [5, 5.41) is 8.65. The van der Waals surface area contributed by atoms with Crippen molar-refractivity contribution in [3.05, 3.63) is 30.0 Å². The molecule has 1 aromatic heterocycles. The van der Waals surface area contributed by atoms with Gasteiger partial charge < -0.3 is 14.4 Å². The number of nitrogens with one attached hydrogen (secondary N) is 1. The van der Waals surface area contributed by atoms with E-state index in [0.29, 0.717) is 19.8 Å². The van der Waals surface area contributed by atoms with E-state index in [9.17, 15) is 4.79 Å². The van der Waals surface area contributed by atoms with E-state index in [0.717, 1.165) is 47.4 Å². The van der Waals surface area contributed by atoms with E-state index in [1.807, 2.05) is 37.5 Å². The second-order valence-corrected chi connectivity index (χ2v) is 7.08. The minimum atomic E-state index is -0.0365. The Bertz CT molecular complexity index is 920. The van der Waals surface area contributed by atoms with Crippen LogP contribution in [-0.2, 0) is 9.53 Å². The molecule has 0 bridgehead atoms. The molecule has 8 nitrogen and oxygen atoms in total. The molecule has 1 amide bonds. The van der Waals surface area contributed by atoms with E-state index in [2.05, 4.69) is 20.1 Å². The Balaban J connectivity index is 1.53. The summed E-state index contributed by atoms with van der Waals surface area (Å²) in [5.41, 5.74) is 2.97. The maximum absolute atomic E-state index is 12.1. The van der Waals surface area contributed by atoms with Crippen LogP contribution in [0.15, 0.2) is 29.3 Å². The molecule has 2 aliphatic heterocycles. The Labute approximate surface area is 163 Å². The highest BCUT2D eigenvalue weighted by Gasteiger charge is 2.29. The summed E-state index contributed by atoms with van der Waals surface area (Å²) in [7, 11) is 3.50. The van der Waals surface area contributed by atoms with Gasteiger partial charge in [-0.3, -0.25) is 19.8 Å². The first-order chi connectivity index (χ1) is 13.7. The van der Waals surface area contributed by atoms with Crippen molar-refractivity contribution in [1.29, 1.82) is 0 Å². The van der Waals surface area contributed by atoms with Crippen LogP contribution in [0.1, 0.15) is 12.1 Å². The standard InChI is InChI=1S/C20H25N5O3/c1-24-7-8-25(13-19(24)26)18-11-14(5-6-21-18)20-16-12-15(28-10-9-27-2)3-4-17(16)22-23-20/h3-6,12,18H,7-11,13H2,1-2H3,(H,22,23). The van der Waals surface area contributed by atoms with E-state index in [1.54, 1.807) is 12.0 Å². The van der Waals surface area contributed by atoms with Gasteiger partial charge in [0, 0.05) is 45.3 Å². The Morgan fingerprint density at radius 3 is 3.00 bits per heavy atom. The maximum Gasteiger partial charge on any atom is 0.236 e. The highest BCUT2D eigenvalue weighted by Crippen LogP contribution is 2.31. The molecule has 0 aliphatic carbocycles. The lowest BCUT2D eigenvalue weighted by atomic mass is 10.0. The van der Waals surface area contributed by atoms with Gasteiger partial charge in [0.1, 0.15) is 18.5 Å². The molecule has 0 spiro atoms. The lowest BCUT2D eigenvalue weighted by Crippen LogP contribution is -2.52. The fourth-order valence-corrected chi connectivity index (χ4v) is 3.55. The lowest BCUT2D eigenvalue weighted by Gasteiger charge is -2.36. The molecule has 1 unspecified atom stereocenters. The monoisotopic (exact) mass is 383 g/mol. The summed E-state index contributed by atoms with van der Waals surface area (Å²) >= 11 is 0. The van der Waals surface area contributed by atoms with Gasteiger partial charge in [-0.2, -0.15) is 5.10 Å². The molecule has 1 fully saturated rings. The van der Waals surface area contributed by atoms with Crippen LogP contribution in [0.5, 0.6) is 5.75 Å². The summed E-state index contributed by atoms with van der Waals surface area (Å²) in [6.45, 7) is 3.02. The number of aromatic amines is 1. The number of aliphatic imine (C=N–C) groups is 1. The number of aromatic nitrogens is 2. The number of dihydropyridines is 1. The molecule has 2 aliphatic rings. The largest absolute Gasteiger partial charge is 0.491 e. The van der Waals surface area contributed by atoms with Gasteiger partial charge >= 0.3 is 0 Å². The second kappa shape index (κ2) is 8.12. The second-order valence-electron chi connectivity index (χ2n) is 7.08. The summed E-state index contributed by atoms with van der Waals surface area (Å²) < 4.78 is 10.8. The predicted octanol–water partition coefficient (Wildman–Crippen LogP) is 1.55. The van der Waals surface area contributed by atoms with Gasteiger partial charge in [-0.1, -0.05) is 0 Å². The molecule has 8 heteroatoms. The van der Waals surface area contributed by atoms with Crippen LogP contribution in [0, 0.1) is 0 Å². The molecule has 4 rings (SSSR count). The van der Waals surface area contributed by atoms with Crippen LogP contribution in [-0.4, -0.2) is 85.3 Å². The molecule has 1 atom stereocenters. The van der Waals surface area contributed by atoms with Gasteiger partial charge in [0.2, 0.25) is 5.91 Å². The number of carbonyl (C=O) groups is 1. The molecule has 1 saturated heterocycles. The number of carbonyl (C=O) groups excluding carboxylic acids is 1. The van der Waals surface area contributed by atoms with Gasteiger partial charge in [0.15, 0.2) is 0 Å². The van der Waals surface area contributed by atoms with Gasteiger partial charge in [-0.25, -0.2) is 0 Å². The molecular weight excluding hydrogens is 358 g/mol. The minimum Gasteiger partial charge on any atom is -0.491 e. The van der Waals surface area contributed by atoms with Crippen molar-refractivity contribution in [2.24, 2.45) is 4.99 Å². The number of fused-ring (bicyclic) bond motifs is 1. The Morgan fingerprint density at radius 1 is 1.29 bits per heavy atom. The summed E-state index contributed by atoms with van der Waals surface area (Å²) in [6, 6.07) is 5.90. The van der Waals surface area contributed by atoms with Crippen LogP contribution in [0.4, 0.5) is 0 Å². The number of amides is 1. The highest BCUT2D eigenvalue weighted by atomic mass is 16.5. The first-order valence-electron chi connectivity index (χ1n) is 9.46. The van der Waals surface area contributed by atoms with Gasteiger partial charge in [0.25, 0.3) is 0 Å². The summed E-state index contributed by atoms with van der Waals surface area (Å²) in [4.78, 5) is 20.6. The molecular formula is C20H25N5O3. The van der Waals surface area contributed by atoms with Crippen LogP contribution < -0.4 is 4.74 Å². The molecule has 0 saturated carbocycles. The van der Waals surface area contributed by atoms with Crippen LogP contribution in [0.3, 0.4) is 0 Å². The molecule has 1 N–H and O–H groups in total. The van der Waals surface area contributed by atoms with Crippen molar-refractivity contribution in [3.63, 3.8) is 0 Å². The van der Waals surface area contributed by atoms with Crippen molar-refractivity contribution >= 4 is 28.6 Å². The zero-order chi connectivity index (χ0) is 19.5. The maximum atomic E-state index is 12.1. The average Bonchev–Trinajstić information content (AvgIpc) is 3.14. The average molecular weight is 383 g/mol. The molecule has 148 valence electrons. The lowest BCUT2D eigenvalue weighted by molar-refractivity contribution is -0.135. The quantitative estimate of drug-likeness (QED) is 0.765. The number of nitrogens with zero attached hydrogens (tertiary/aromatic N) is 4. The van der Waals surface area contributed by atoms with Gasteiger partial charge in [-0.15, -0.1) is 0 Å². The van der Waals surface area contributed by atoms with Crippen LogP contribution in [0.2, 0.25) is 0 Å². The normalized spacial score (nSPS) is 20.6. The third kappa shape index (κ3) is 3.79. The first-order valence-corrected chi connectivity index (χ1v) is 9.46. The van der Waals surface area contributed by atoms with Gasteiger partial charge in [-0.05, 0) is 29.8 Å². The minimum absolute atomic E-state index is 0.0365. The Morgan fingerprint density at radius 2 is 2.18 bits per heavy atom. The number of ether oxygens (including phenoxy) is 2. The zero-order valence-electron chi connectivity index (χ0n) is 16.2. The van der Waals surface area contributed by atoms with Crippen molar-refractivity contribution < 1.29 is 14.3 Å². The summed E-state index contributed by atoms with van der Waals surface area (Å²) in [6.07, 6.45) is 4.52. The van der Waals surface area contributed by atoms with Crippen molar-refractivity contribution in [2.45, 2.75) is 12.6 Å². The molecule has 1 aromatic carbocycles. The van der Waals surface area contributed by atoms with Crippen LogP contribution >= 0.6 is 0 Å². The van der Waals surface area contributed by atoms with Crippen molar-refractivity contribution in [3.8, 4) is 5.75 Å². The smallest absolute Gasteiger partial charge is 0.236 e. The van der Waals surface area contributed by atoms with Crippen molar-refractivity contribution in [2.75, 3.05) is 47.0 Å². The number of piperazine rings is 1. The fourth-order valence-electron chi connectivity index (χ4n) is 3.55. The number of allylic oxidation sites excluding steroid dienone is 1. The number of hydrogen-bond donors (Lipinski definition) is 1. The molecule has 2 aromatic rings. The topological polar surface area (TPSA) is 83.1 Å². The number of likely N-dealkylation sites (N-methyl/N-ethyl adjacent to an activating group) is 1. The van der Waals surface area contributed by atoms with E-state index < -0.39 is 0 Å². The number of hydrogen-bond acceptors (Lipinski definition) is 6. The third-order valence-corrected chi connectivity index (χ3v) is 5.24. The van der Waals surface area contributed by atoms with E-state index in [-0.39, 0.29) is 12.1 Å². The fraction of sp³-hybridized carbons (Fsp3) is 0.450. The number of benzene rings is 1. The Kier molecular flexibility index (Phi) is 5.40. The number of H-pyrrole nitrogens is 1. The SMILES string of the molecule is COCCOc1ccc2[nH]nc(C3=CC=NC(N4CCN(C)C(=O)C4)C3)c2c1. The number of rotatable bonds is 6. The molecule has 3 heterocycles. The number of methoxy groups -OCH3 is 1. The zero-order valence-corrected chi connectivity index (χ0v) is 16.2. The van der Waals surface area contributed by atoms with Gasteiger partial charge in [0.05, 0.1) is 24.4 Å². The van der Waals surface area contributed by atoms with E-state index in [4.69, 9.17) is 9.47 Å². The van der Waals surface area contributed by atoms with Crippen molar-refractivity contribution in [1.82, 2.24) is 20.0 Å².